The summed E-state index contributed by atoms with van der Waals surface area (Å²) < 4.78 is 0. The number of aryl methyl sites for hydroxylation is 2. The van der Waals surface area contributed by atoms with Crippen molar-refractivity contribution < 1.29 is 9.59 Å². The second kappa shape index (κ2) is 9.15. The number of aromatic nitrogens is 2. The summed E-state index contributed by atoms with van der Waals surface area (Å²) in [6.07, 6.45) is 1.75. The van der Waals surface area contributed by atoms with E-state index in [0.29, 0.717) is 47.8 Å². The van der Waals surface area contributed by atoms with E-state index in [-0.39, 0.29) is 23.4 Å². The fraction of sp³-hybridized carbons (Fsp3) is 0.364. The molecule has 1 aliphatic heterocycles. The first-order valence-electron chi connectivity index (χ1n) is 9.76. The van der Waals surface area contributed by atoms with Gasteiger partial charge in [0.1, 0.15) is 23.5 Å². The fourth-order valence-corrected chi connectivity index (χ4v) is 3.51. The van der Waals surface area contributed by atoms with Crippen LogP contribution in [0.15, 0.2) is 24.3 Å². The molecule has 1 aliphatic rings. The van der Waals surface area contributed by atoms with E-state index in [1.165, 1.54) is 6.07 Å². The van der Waals surface area contributed by atoms with Gasteiger partial charge in [0, 0.05) is 19.6 Å². The SMILES string of the molecule is Cc1nc(C(=O)NC[C@@H]2CCCN(C(=O)c3ccc(C#N)c(C)n3)C2)ccc1C#N. The molecule has 2 aromatic rings. The summed E-state index contributed by atoms with van der Waals surface area (Å²) in [7, 11) is 0. The van der Waals surface area contributed by atoms with E-state index in [1.54, 1.807) is 36.9 Å². The quantitative estimate of drug-likeness (QED) is 0.836. The van der Waals surface area contributed by atoms with E-state index in [9.17, 15) is 9.59 Å². The third-order valence-corrected chi connectivity index (χ3v) is 5.22. The molecule has 0 aromatic carbocycles. The number of nitriles is 2. The molecule has 2 amide bonds. The van der Waals surface area contributed by atoms with Crippen LogP contribution in [0.3, 0.4) is 0 Å². The molecule has 1 N–H and O–H groups in total. The number of piperidine rings is 1. The Balaban J connectivity index is 1.60. The maximum atomic E-state index is 12.8. The molecule has 8 heteroatoms. The van der Waals surface area contributed by atoms with E-state index >= 15 is 0 Å². The Morgan fingerprint density at radius 1 is 1.07 bits per heavy atom. The largest absolute Gasteiger partial charge is 0.350 e. The second-order valence-corrected chi connectivity index (χ2v) is 7.35. The number of hydrogen-bond acceptors (Lipinski definition) is 6. The first-order valence-corrected chi connectivity index (χ1v) is 9.76. The van der Waals surface area contributed by atoms with Crippen LogP contribution in [0.4, 0.5) is 0 Å². The van der Waals surface area contributed by atoms with Crippen molar-refractivity contribution >= 4 is 11.8 Å². The number of carbonyl (C=O) groups excluding carboxylic acids is 2. The van der Waals surface area contributed by atoms with Gasteiger partial charge in [-0.25, -0.2) is 9.97 Å². The smallest absolute Gasteiger partial charge is 0.272 e. The summed E-state index contributed by atoms with van der Waals surface area (Å²) in [5, 5.41) is 20.9. The van der Waals surface area contributed by atoms with Crippen molar-refractivity contribution in [3.8, 4) is 12.1 Å². The van der Waals surface area contributed by atoms with Crippen LogP contribution < -0.4 is 5.32 Å². The van der Waals surface area contributed by atoms with Gasteiger partial charge in [0.15, 0.2) is 0 Å². The fourth-order valence-electron chi connectivity index (χ4n) is 3.51. The molecule has 0 unspecified atom stereocenters. The predicted octanol–water partition coefficient (Wildman–Crippen LogP) is 2.12. The number of nitrogens with one attached hydrogen (secondary N) is 1. The normalized spacial score (nSPS) is 15.7. The number of likely N-dealkylation sites (tertiary alicyclic amines) is 1. The highest BCUT2D eigenvalue weighted by Crippen LogP contribution is 2.18. The Morgan fingerprint density at radius 3 is 2.27 bits per heavy atom. The molecule has 2 aromatic heterocycles. The highest BCUT2D eigenvalue weighted by Gasteiger charge is 2.26. The van der Waals surface area contributed by atoms with Crippen molar-refractivity contribution in [1.82, 2.24) is 20.2 Å². The summed E-state index contributed by atoms with van der Waals surface area (Å²) in [4.78, 5) is 35.4. The number of rotatable bonds is 4. The number of nitrogens with zero attached hydrogens (tertiary/aromatic N) is 5. The first kappa shape index (κ1) is 20.9. The second-order valence-electron chi connectivity index (χ2n) is 7.35. The Kier molecular flexibility index (Phi) is 6.38. The van der Waals surface area contributed by atoms with Crippen molar-refractivity contribution in [3.63, 3.8) is 0 Å². The van der Waals surface area contributed by atoms with Gasteiger partial charge in [-0.3, -0.25) is 9.59 Å². The molecule has 1 fully saturated rings. The third kappa shape index (κ3) is 4.61. The average molecular weight is 402 g/mol. The molecule has 1 atom stereocenters. The molecule has 8 nitrogen and oxygen atoms in total. The van der Waals surface area contributed by atoms with E-state index < -0.39 is 0 Å². The molecule has 0 bridgehead atoms. The molecule has 30 heavy (non-hydrogen) atoms. The van der Waals surface area contributed by atoms with E-state index in [1.807, 2.05) is 6.07 Å². The molecule has 0 spiro atoms. The average Bonchev–Trinajstić information content (AvgIpc) is 2.77. The van der Waals surface area contributed by atoms with Crippen molar-refractivity contribution in [2.24, 2.45) is 5.92 Å². The van der Waals surface area contributed by atoms with E-state index in [2.05, 4.69) is 21.4 Å². The summed E-state index contributed by atoms with van der Waals surface area (Å²) in [6, 6.07) is 10.4. The molecular formula is C22H22N6O2. The number of amides is 2. The minimum Gasteiger partial charge on any atom is -0.350 e. The molecule has 152 valence electrons. The molecule has 3 heterocycles. The van der Waals surface area contributed by atoms with Gasteiger partial charge < -0.3 is 10.2 Å². The van der Waals surface area contributed by atoms with E-state index in [4.69, 9.17) is 10.5 Å². The van der Waals surface area contributed by atoms with Gasteiger partial charge in [0.25, 0.3) is 11.8 Å². The Morgan fingerprint density at radius 2 is 1.67 bits per heavy atom. The van der Waals surface area contributed by atoms with Crippen molar-refractivity contribution in [2.45, 2.75) is 26.7 Å². The number of pyridine rings is 2. The maximum Gasteiger partial charge on any atom is 0.272 e. The third-order valence-electron chi connectivity index (χ3n) is 5.22. The summed E-state index contributed by atoms with van der Waals surface area (Å²) in [5.41, 5.74) is 2.55. The van der Waals surface area contributed by atoms with Gasteiger partial charge in [0.05, 0.1) is 22.5 Å². The lowest BCUT2D eigenvalue weighted by molar-refractivity contribution is 0.0664. The minimum absolute atomic E-state index is 0.130. The monoisotopic (exact) mass is 402 g/mol. The number of carbonyl (C=O) groups is 2. The van der Waals surface area contributed by atoms with Crippen LogP contribution in [-0.2, 0) is 0 Å². The van der Waals surface area contributed by atoms with Crippen molar-refractivity contribution in [3.05, 3.63) is 58.2 Å². The topological polar surface area (TPSA) is 123 Å². The maximum absolute atomic E-state index is 12.8. The van der Waals surface area contributed by atoms with E-state index in [0.717, 1.165) is 12.8 Å². The Hall–Kier alpha value is -3.78. The van der Waals surface area contributed by atoms with Crippen LogP contribution in [0, 0.1) is 42.4 Å². The van der Waals surface area contributed by atoms with Crippen LogP contribution in [0.2, 0.25) is 0 Å². The zero-order valence-electron chi connectivity index (χ0n) is 17.0. The summed E-state index contributed by atoms with van der Waals surface area (Å²) in [6.45, 7) is 5.00. The van der Waals surface area contributed by atoms with Gasteiger partial charge >= 0.3 is 0 Å². The van der Waals surface area contributed by atoms with Gasteiger partial charge in [0.2, 0.25) is 0 Å². The van der Waals surface area contributed by atoms with Gasteiger partial charge in [-0.05, 0) is 56.9 Å². The zero-order chi connectivity index (χ0) is 21.7. The summed E-state index contributed by atoms with van der Waals surface area (Å²) >= 11 is 0. The molecule has 3 rings (SSSR count). The standard InChI is InChI=1S/C22H22N6O2/c1-14-17(10-23)5-7-19(26-14)21(29)25-12-16-4-3-9-28(13-16)22(30)20-8-6-18(11-24)15(2)27-20/h5-8,16H,3-4,9,12-13H2,1-2H3,(H,25,29)/t16-/m0/s1. The van der Waals surface area contributed by atoms with Gasteiger partial charge in [-0.1, -0.05) is 0 Å². The van der Waals surface area contributed by atoms with Crippen LogP contribution in [-0.4, -0.2) is 46.3 Å². The molecular weight excluding hydrogens is 380 g/mol. The lowest BCUT2D eigenvalue weighted by Gasteiger charge is -2.32. The number of hydrogen-bond donors (Lipinski definition) is 1. The van der Waals surface area contributed by atoms with Crippen LogP contribution >= 0.6 is 0 Å². The van der Waals surface area contributed by atoms with Crippen LogP contribution in [0.1, 0.15) is 56.3 Å². The highest BCUT2D eigenvalue weighted by atomic mass is 16.2. The molecule has 0 saturated carbocycles. The molecule has 0 aliphatic carbocycles. The minimum atomic E-state index is -0.296. The molecule has 0 radical (unpaired) electrons. The first-order chi connectivity index (χ1) is 14.4. The van der Waals surface area contributed by atoms with Crippen LogP contribution in [0.25, 0.3) is 0 Å². The Bertz CT molecular complexity index is 1070. The van der Waals surface area contributed by atoms with Crippen molar-refractivity contribution in [2.75, 3.05) is 19.6 Å². The van der Waals surface area contributed by atoms with Gasteiger partial charge in [-0.15, -0.1) is 0 Å². The molecule has 1 saturated heterocycles. The Labute approximate surface area is 175 Å². The van der Waals surface area contributed by atoms with Gasteiger partial charge in [-0.2, -0.15) is 10.5 Å². The van der Waals surface area contributed by atoms with Crippen LogP contribution in [0.5, 0.6) is 0 Å². The lowest BCUT2D eigenvalue weighted by Crippen LogP contribution is -2.44. The predicted molar refractivity (Wildman–Crippen MR) is 108 cm³/mol. The van der Waals surface area contributed by atoms with Crippen molar-refractivity contribution in [1.29, 1.82) is 10.5 Å². The highest BCUT2D eigenvalue weighted by molar-refractivity contribution is 5.93. The summed E-state index contributed by atoms with van der Waals surface area (Å²) in [5.74, 6) is -0.330. The zero-order valence-corrected chi connectivity index (χ0v) is 17.0. The lowest BCUT2D eigenvalue weighted by atomic mass is 9.97.